The number of nitrogens with zero attached hydrogens (tertiary/aromatic N) is 2. The van der Waals surface area contributed by atoms with Gasteiger partial charge in [-0.2, -0.15) is 5.10 Å². The van der Waals surface area contributed by atoms with E-state index >= 15 is 0 Å². The second-order valence-corrected chi connectivity index (χ2v) is 6.09. The summed E-state index contributed by atoms with van der Waals surface area (Å²) in [6.07, 6.45) is 1.90. The van der Waals surface area contributed by atoms with E-state index in [1.165, 1.54) is 6.92 Å². The Morgan fingerprint density at radius 1 is 1.25 bits per heavy atom. The lowest BCUT2D eigenvalue weighted by Gasteiger charge is -2.30. The smallest absolute Gasteiger partial charge is 0.327 e. The van der Waals surface area contributed by atoms with E-state index in [0.29, 0.717) is 5.92 Å². The number of benzene rings is 1. The number of aromatic nitrogens is 2. The second kappa shape index (κ2) is 7.40. The molecule has 0 radical (unpaired) electrons. The molecule has 0 saturated carbocycles. The van der Waals surface area contributed by atoms with Gasteiger partial charge in [0.05, 0.1) is 12.2 Å². The molecule has 1 aromatic heterocycles. The van der Waals surface area contributed by atoms with Crippen molar-refractivity contribution in [2.45, 2.75) is 25.7 Å². The molecule has 2 aromatic rings. The van der Waals surface area contributed by atoms with Crippen LogP contribution in [-0.4, -0.2) is 46.7 Å². The van der Waals surface area contributed by atoms with Gasteiger partial charge >= 0.3 is 11.9 Å². The third kappa shape index (κ3) is 4.08. The third-order valence-corrected chi connectivity index (χ3v) is 4.30. The maximum Gasteiger partial charge on any atom is 0.327 e. The van der Waals surface area contributed by atoms with Crippen molar-refractivity contribution in [3.63, 3.8) is 0 Å². The molecule has 0 atom stereocenters. The molecular weight excluding hydrogens is 306 g/mol. The molecule has 24 heavy (non-hydrogen) atoms. The van der Waals surface area contributed by atoms with Crippen LogP contribution < -0.4 is 0 Å². The number of esters is 2. The van der Waals surface area contributed by atoms with Gasteiger partial charge in [-0.05, 0) is 32.0 Å². The van der Waals surface area contributed by atoms with Crippen molar-refractivity contribution in [3.8, 4) is 11.3 Å². The minimum atomic E-state index is -0.555. The average molecular weight is 327 g/mol. The van der Waals surface area contributed by atoms with Gasteiger partial charge in [-0.15, -0.1) is 0 Å². The van der Waals surface area contributed by atoms with Crippen molar-refractivity contribution in [3.05, 3.63) is 42.1 Å². The summed E-state index contributed by atoms with van der Waals surface area (Å²) in [5.41, 5.74) is 3.20. The summed E-state index contributed by atoms with van der Waals surface area (Å²) in [5.74, 6) is -0.621. The molecule has 1 N–H and O–H groups in total. The predicted molar refractivity (Wildman–Crippen MR) is 89.2 cm³/mol. The zero-order valence-electron chi connectivity index (χ0n) is 13.7. The molecular formula is C18H21N3O3. The fraction of sp³-hybridized carbons (Fsp3) is 0.389. The van der Waals surface area contributed by atoms with Gasteiger partial charge in [0, 0.05) is 24.1 Å². The van der Waals surface area contributed by atoms with Crippen LogP contribution in [0.5, 0.6) is 0 Å². The van der Waals surface area contributed by atoms with Crippen LogP contribution in [-0.2, 0) is 14.3 Å². The Balaban J connectivity index is 1.55. The van der Waals surface area contributed by atoms with E-state index in [1.54, 1.807) is 0 Å². The van der Waals surface area contributed by atoms with Gasteiger partial charge < -0.3 is 4.74 Å². The van der Waals surface area contributed by atoms with E-state index in [0.717, 1.165) is 42.9 Å². The monoisotopic (exact) mass is 327 g/mol. The Kier molecular flexibility index (Phi) is 5.05. The molecule has 0 unspecified atom stereocenters. The topological polar surface area (TPSA) is 75.3 Å². The van der Waals surface area contributed by atoms with Crippen molar-refractivity contribution < 1.29 is 14.3 Å². The lowest BCUT2D eigenvalue weighted by molar-refractivity contribution is -0.158. The first-order valence-electron chi connectivity index (χ1n) is 8.16. The summed E-state index contributed by atoms with van der Waals surface area (Å²) in [7, 11) is 0. The molecule has 126 valence electrons. The summed E-state index contributed by atoms with van der Waals surface area (Å²) in [6.45, 7) is 3.02. The van der Waals surface area contributed by atoms with E-state index in [1.807, 2.05) is 35.2 Å². The highest BCUT2D eigenvalue weighted by Gasteiger charge is 2.24. The Hall–Kier alpha value is -2.47. The summed E-state index contributed by atoms with van der Waals surface area (Å²) in [6, 6.07) is 12.2. The van der Waals surface area contributed by atoms with Crippen molar-refractivity contribution in [2.75, 3.05) is 19.6 Å². The van der Waals surface area contributed by atoms with Gasteiger partial charge in [-0.3, -0.25) is 19.6 Å². The SMILES string of the molecule is CC(=O)OC(=O)CN1CCC(c2cc(-c3ccccc3)n[nH]2)CC1. The van der Waals surface area contributed by atoms with Gasteiger partial charge in [0.2, 0.25) is 0 Å². The first-order chi connectivity index (χ1) is 11.6. The normalized spacial score (nSPS) is 16.0. The molecule has 0 amide bonds. The number of hydrogen-bond acceptors (Lipinski definition) is 5. The molecule has 3 rings (SSSR count). The first-order valence-corrected chi connectivity index (χ1v) is 8.16. The van der Waals surface area contributed by atoms with Gasteiger partial charge in [-0.25, -0.2) is 0 Å². The first kappa shape index (κ1) is 16.4. The van der Waals surface area contributed by atoms with Crippen LogP contribution >= 0.6 is 0 Å². The Morgan fingerprint density at radius 2 is 1.96 bits per heavy atom. The highest BCUT2D eigenvalue weighted by atomic mass is 16.6. The number of carbonyl (C=O) groups is 2. The van der Waals surface area contributed by atoms with Crippen LogP contribution in [0.15, 0.2) is 36.4 Å². The molecule has 6 nitrogen and oxygen atoms in total. The van der Waals surface area contributed by atoms with E-state index in [4.69, 9.17) is 0 Å². The number of H-pyrrole nitrogens is 1. The van der Waals surface area contributed by atoms with Gasteiger partial charge in [-0.1, -0.05) is 30.3 Å². The van der Waals surface area contributed by atoms with E-state index in [-0.39, 0.29) is 6.54 Å². The maximum absolute atomic E-state index is 11.5. The molecule has 1 saturated heterocycles. The summed E-state index contributed by atoms with van der Waals surface area (Å²) < 4.78 is 4.58. The Bertz CT molecular complexity index is 703. The van der Waals surface area contributed by atoms with Crippen LogP contribution in [0.2, 0.25) is 0 Å². The molecule has 0 aliphatic carbocycles. The Morgan fingerprint density at radius 3 is 2.62 bits per heavy atom. The Labute approximate surface area is 140 Å². The molecule has 0 spiro atoms. The minimum absolute atomic E-state index is 0.171. The molecule has 6 heteroatoms. The third-order valence-electron chi connectivity index (χ3n) is 4.30. The molecule has 1 fully saturated rings. The van der Waals surface area contributed by atoms with Crippen LogP contribution in [0.1, 0.15) is 31.4 Å². The maximum atomic E-state index is 11.5. The molecule has 1 aliphatic heterocycles. The number of aromatic amines is 1. The van der Waals surface area contributed by atoms with Crippen LogP contribution in [0.3, 0.4) is 0 Å². The zero-order valence-corrected chi connectivity index (χ0v) is 13.7. The largest absolute Gasteiger partial charge is 0.392 e. The second-order valence-electron chi connectivity index (χ2n) is 6.09. The van der Waals surface area contributed by atoms with E-state index in [9.17, 15) is 9.59 Å². The highest BCUT2D eigenvalue weighted by Crippen LogP contribution is 2.29. The van der Waals surface area contributed by atoms with Crippen LogP contribution in [0, 0.1) is 0 Å². The molecule has 1 aliphatic rings. The quantitative estimate of drug-likeness (QED) is 0.689. The summed E-state index contributed by atoms with van der Waals surface area (Å²) in [5, 5.41) is 7.56. The van der Waals surface area contributed by atoms with Crippen molar-refractivity contribution in [1.29, 1.82) is 0 Å². The number of likely N-dealkylation sites (tertiary alicyclic amines) is 1. The zero-order chi connectivity index (χ0) is 16.9. The average Bonchev–Trinajstić information content (AvgIpc) is 3.05. The number of rotatable bonds is 4. The number of piperidine rings is 1. The molecule has 1 aromatic carbocycles. The molecule has 2 heterocycles. The standard InChI is InChI=1S/C18H21N3O3/c1-13(22)24-18(23)12-21-9-7-15(8-10-21)17-11-16(19-20-17)14-5-3-2-4-6-14/h2-6,11,15H,7-10,12H2,1H3,(H,19,20). The minimum Gasteiger partial charge on any atom is -0.392 e. The van der Waals surface area contributed by atoms with Crippen molar-refractivity contribution in [2.24, 2.45) is 0 Å². The fourth-order valence-electron chi connectivity index (χ4n) is 3.08. The summed E-state index contributed by atoms with van der Waals surface area (Å²) in [4.78, 5) is 24.3. The number of ether oxygens (including phenoxy) is 1. The van der Waals surface area contributed by atoms with Gasteiger partial charge in [0.25, 0.3) is 0 Å². The lowest BCUT2D eigenvalue weighted by atomic mass is 9.93. The molecule has 0 bridgehead atoms. The predicted octanol–water partition coefficient (Wildman–Crippen LogP) is 2.35. The highest BCUT2D eigenvalue weighted by molar-refractivity contribution is 5.85. The van der Waals surface area contributed by atoms with E-state index in [2.05, 4.69) is 21.0 Å². The number of hydrogen-bond donors (Lipinski definition) is 1. The van der Waals surface area contributed by atoms with Crippen LogP contribution in [0.4, 0.5) is 0 Å². The number of carbonyl (C=O) groups excluding carboxylic acids is 2. The van der Waals surface area contributed by atoms with Gasteiger partial charge in [0.15, 0.2) is 0 Å². The van der Waals surface area contributed by atoms with Crippen molar-refractivity contribution in [1.82, 2.24) is 15.1 Å². The summed E-state index contributed by atoms with van der Waals surface area (Å²) >= 11 is 0. The lowest BCUT2D eigenvalue weighted by Crippen LogP contribution is -2.37. The van der Waals surface area contributed by atoms with Gasteiger partial charge in [0.1, 0.15) is 0 Å². The van der Waals surface area contributed by atoms with Crippen LogP contribution in [0.25, 0.3) is 11.3 Å². The van der Waals surface area contributed by atoms with E-state index < -0.39 is 11.9 Å². The number of nitrogens with one attached hydrogen (secondary N) is 1. The fourth-order valence-corrected chi connectivity index (χ4v) is 3.08. The van der Waals surface area contributed by atoms with Crippen molar-refractivity contribution >= 4 is 11.9 Å².